The van der Waals surface area contributed by atoms with Gasteiger partial charge in [0, 0.05) is 12.1 Å². The number of benzene rings is 2. The van der Waals surface area contributed by atoms with Gasteiger partial charge >= 0.3 is 0 Å². The van der Waals surface area contributed by atoms with Gasteiger partial charge in [-0.2, -0.15) is 0 Å². The van der Waals surface area contributed by atoms with Crippen LogP contribution in [0.15, 0.2) is 48.5 Å². The van der Waals surface area contributed by atoms with Gasteiger partial charge in [-0.05, 0) is 67.8 Å². The number of nitrogens with zero attached hydrogens (tertiary/aromatic N) is 2. The molecule has 0 spiro atoms. The van der Waals surface area contributed by atoms with Crippen molar-refractivity contribution in [3.8, 4) is 17.2 Å². The van der Waals surface area contributed by atoms with E-state index >= 15 is 0 Å². The van der Waals surface area contributed by atoms with E-state index in [0.29, 0.717) is 30.3 Å². The van der Waals surface area contributed by atoms with Gasteiger partial charge in [0.15, 0.2) is 11.6 Å². The summed E-state index contributed by atoms with van der Waals surface area (Å²) in [5, 5.41) is 8.10. The van der Waals surface area contributed by atoms with Crippen molar-refractivity contribution in [2.45, 2.75) is 26.7 Å². The predicted octanol–water partition coefficient (Wildman–Crippen LogP) is 4.79. The molecule has 3 aromatic rings. The summed E-state index contributed by atoms with van der Waals surface area (Å²) in [6, 6.07) is 15.4. The number of carbonyl (C=O) groups excluding carboxylic acids is 1. The maximum atomic E-state index is 12.9. The van der Waals surface area contributed by atoms with Crippen LogP contribution in [0.5, 0.6) is 11.5 Å². The molecule has 0 amide bonds. The molecule has 0 saturated carbocycles. The number of ketones is 1. The standard InChI is InChI=1S/C23H25N3O3/c1-4-29-19-9-5-16(6-10-19)24-23-22-20(13-15(2)14-21(22)27)26(25-23)17-7-11-18(28-3)12-8-17/h5-12,15H,4,13-14H2,1-3H3,(H,24,25). The maximum absolute atomic E-state index is 12.9. The molecule has 1 aromatic heterocycles. The van der Waals surface area contributed by atoms with Gasteiger partial charge in [0.2, 0.25) is 0 Å². The first-order valence-electron chi connectivity index (χ1n) is 9.88. The number of hydrogen-bond donors (Lipinski definition) is 1. The molecular weight excluding hydrogens is 366 g/mol. The van der Waals surface area contributed by atoms with Crippen LogP contribution in [-0.4, -0.2) is 29.3 Å². The minimum absolute atomic E-state index is 0.131. The van der Waals surface area contributed by atoms with Gasteiger partial charge in [0.05, 0.1) is 30.7 Å². The van der Waals surface area contributed by atoms with E-state index in [2.05, 4.69) is 12.2 Å². The maximum Gasteiger partial charge on any atom is 0.168 e. The fraction of sp³-hybridized carbons (Fsp3) is 0.304. The minimum Gasteiger partial charge on any atom is -0.497 e. The lowest BCUT2D eigenvalue weighted by atomic mass is 9.87. The number of Topliss-reactive ketones (excluding diaryl/α,β-unsaturated/α-hetero) is 1. The van der Waals surface area contributed by atoms with Gasteiger partial charge in [0.25, 0.3) is 0 Å². The Morgan fingerprint density at radius 2 is 1.76 bits per heavy atom. The number of anilines is 2. The molecular formula is C23H25N3O3. The zero-order valence-electron chi connectivity index (χ0n) is 16.9. The topological polar surface area (TPSA) is 65.4 Å². The molecule has 0 fully saturated rings. The number of aromatic nitrogens is 2. The van der Waals surface area contributed by atoms with Crippen molar-refractivity contribution >= 4 is 17.3 Å². The summed E-state index contributed by atoms with van der Waals surface area (Å²) in [4.78, 5) is 12.9. The summed E-state index contributed by atoms with van der Waals surface area (Å²) in [6.07, 6.45) is 1.35. The molecule has 150 valence electrons. The van der Waals surface area contributed by atoms with Crippen LogP contribution in [0.25, 0.3) is 5.69 Å². The predicted molar refractivity (Wildman–Crippen MR) is 113 cm³/mol. The lowest BCUT2D eigenvalue weighted by Gasteiger charge is -2.19. The van der Waals surface area contributed by atoms with Crippen molar-refractivity contribution < 1.29 is 14.3 Å². The van der Waals surface area contributed by atoms with Gasteiger partial charge in [-0.25, -0.2) is 4.68 Å². The molecule has 6 nitrogen and oxygen atoms in total. The average molecular weight is 391 g/mol. The quantitative estimate of drug-likeness (QED) is 0.655. The van der Waals surface area contributed by atoms with Gasteiger partial charge in [0.1, 0.15) is 11.5 Å². The molecule has 6 heteroatoms. The fourth-order valence-corrected chi connectivity index (χ4v) is 3.72. The summed E-state index contributed by atoms with van der Waals surface area (Å²) in [5.74, 6) is 2.62. The van der Waals surface area contributed by atoms with Crippen LogP contribution >= 0.6 is 0 Å². The van der Waals surface area contributed by atoms with Gasteiger partial charge in [-0.1, -0.05) is 6.92 Å². The van der Waals surface area contributed by atoms with Crippen LogP contribution in [0.3, 0.4) is 0 Å². The average Bonchev–Trinajstić information content (AvgIpc) is 3.08. The molecule has 0 saturated heterocycles. The molecule has 1 heterocycles. The first-order valence-corrected chi connectivity index (χ1v) is 9.88. The highest BCUT2D eigenvalue weighted by Gasteiger charge is 2.31. The lowest BCUT2D eigenvalue weighted by molar-refractivity contribution is 0.0953. The Bertz CT molecular complexity index is 1010. The van der Waals surface area contributed by atoms with E-state index in [1.807, 2.05) is 60.1 Å². The molecule has 1 unspecified atom stereocenters. The molecule has 1 atom stereocenters. The number of nitrogens with one attached hydrogen (secondary N) is 1. The molecule has 1 aliphatic carbocycles. The molecule has 0 aliphatic heterocycles. The van der Waals surface area contributed by atoms with Crippen molar-refractivity contribution in [3.05, 3.63) is 59.8 Å². The summed E-state index contributed by atoms with van der Waals surface area (Å²) in [6.45, 7) is 4.68. The van der Waals surface area contributed by atoms with E-state index in [0.717, 1.165) is 35.0 Å². The minimum atomic E-state index is 0.131. The Labute approximate surface area is 170 Å². The third kappa shape index (κ3) is 3.83. The second-order valence-corrected chi connectivity index (χ2v) is 7.30. The fourth-order valence-electron chi connectivity index (χ4n) is 3.72. The summed E-state index contributed by atoms with van der Waals surface area (Å²) in [5.41, 5.74) is 3.41. The van der Waals surface area contributed by atoms with E-state index in [9.17, 15) is 4.79 Å². The van der Waals surface area contributed by atoms with E-state index in [-0.39, 0.29) is 5.78 Å². The number of fused-ring (bicyclic) bond motifs is 1. The second kappa shape index (κ2) is 7.99. The monoisotopic (exact) mass is 391 g/mol. The smallest absolute Gasteiger partial charge is 0.168 e. The third-order valence-corrected chi connectivity index (χ3v) is 5.08. The third-order valence-electron chi connectivity index (χ3n) is 5.08. The Kier molecular flexibility index (Phi) is 5.25. The number of ether oxygens (including phenoxy) is 2. The highest BCUT2D eigenvalue weighted by atomic mass is 16.5. The summed E-state index contributed by atoms with van der Waals surface area (Å²) >= 11 is 0. The van der Waals surface area contributed by atoms with Crippen molar-refractivity contribution in [2.75, 3.05) is 19.0 Å². The molecule has 4 rings (SSSR count). The Balaban J connectivity index is 1.72. The summed E-state index contributed by atoms with van der Waals surface area (Å²) < 4.78 is 12.6. The van der Waals surface area contributed by atoms with Crippen LogP contribution in [0, 0.1) is 5.92 Å². The SMILES string of the molecule is CCOc1ccc(Nc2nn(-c3ccc(OC)cc3)c3c2C(=O)CC(C)C3)cc1. The van der Waals surface area contributed by atoms with Crippen LogP contribution in [0.1, 0.15) is 36.3 Å². The highest BCUT2D eigenvalue weighted by Crippen LogP contribution is 2.34. The van der Waals surface area contributed by atoms with Gasteiger partial charge in [-0.15, -0.1) is 5.10 Å². The van der Waals surface area contributed by atoms with Crippen molar-refractivity contribution in [1.29, 1.82) is 0 Å². The number of methoxy groups -OCH3 is 1. The Morgan fingerprint density at radius 3 is 2.41 bits per heavy atom. The normalized spacial score (nSPS) is 15.7. The van der Waals surface area contributed by atoms with E-state index in [4.69, 9.17) is 14.6 Å². The molecule has 29 heavy (non-hydrogen) atoms. The summed E-state index contributed by atoms with van der Waals surface area (Å²) in [7, 11) is 1.64. The molecule has 1 N–H and O–H groups in total. The van der Waals surface area contributed by atoms with Crippen LogP contribution in [0.4, 0.5) is 11.5 Å². The van der Waals surface area contributed by atoms with Crippen molar-refractivity contribution in [2.24, 2.45) is 5.92 Å². The largest absolute Gasteiger partial charge is 0.497 e. The number of hydrogen-bond acceptors (Lipinski definition) is 5. The first kappa shape index (κ1) is 19.1. The van der Waals surface area contributed by atoms with E-state index < -0.39 is 0 Å². The highest BCUT2D eigenvalue weighted by molar-refractivity contribution is 6.03. The molecule has 0 bridgehead atoms. The second-order valence-electron chi connectivity index (χ2n) is 7.30. The van der Waals surface area contributed by atoms with Gasteiger partial charge < -0.3 is 14.8 Å². The number of rotatable bonds is 6. The Hall–Kier alpha value is -3.28. The molecule has 1 aliphatic rings. The van der Waals surface area contributed by atoms with Crippen molar-refractivity contribution in [3.63, 3.8) is 0 Å². The molecule has 0 radical (unpaired) electrons. The lowest BCUT2D eigenvalue weighted by Crippen LogP contribution is -2.19. The number of carbonyl (C=O) groups is 1. The van der Waals surface area contributed by atoms with Crippen LogP contribution in [0.2, 0.25) is 0 Å². The van der Waals surface area contributed by atoms with E-state index in [1.165, 1.54) is 0 Å². The first-order chi connectivity index (χ1) is 14.1. The van der Waals surface area contributed by atoms with Crippen LogP contribution in [-0.2, 0) is 6.42 Å². The zero-order chi connectivity index (χ0) is 20.4. The van der Waals surface area contributed by atoms with Gasteiger partial charge in [-0.3, -0.25) is 4.79 Å². The van der Waals surface area contributed by atoms with E-state index in [1.54, 1.807) is 7.11 Å². The zero-order valence-corrected chi connectivity index (χ0v) is 16.9. The Morgan fingerprint density at radius 1 is 1.07 bits per heavy atom. The molecule has 2 aromatic carbocycles. The van der Waals surface area contributed by atoms with Crippen LogP contribution < -0.4 is 14.8 Å². The van der Waals surface area contributed by atoms with Crippen molar-refractivity contribution in [1.82, 2.24) is 9.78 Å².